The third-order valence-corrected chi connectivity index (χ3v) is 8.42. The van der Waals surface area contributed by atoms with Crippen LogP contribution in [0.3, 0.4) is 0 Å². The predicted molar refractivity (Wildman–Crippen MR) is 155 cm³/mol. The highest BCUT2D eigenvalue weighted by Gasteiger charge is 2.33. The van der Waals surface area contributed by atoms with E-state index in [0.717, 1.165) is 15.4 Å². The van der Waals surface area contributed by atoms with Gasteiger partial charge in [-0.05, 0) is 53.4 Å². The number of nitrogens with zero attached hydrogens (tertiary/aromatic N) is 2. The first-order valence-corrected chi connectivity index (χ1v) is 14.7. The van der Waals surface area contributed by atoms with E-state index in [-0.39, 0.29) is 29.7 Å². The molecule has 0 bridgehead atoms. The third-order valence-electron chi connectivity index (χ3n) is 6.10. The number of hydrogen-bond donors (Lipinski definition) is 1. The fourth-order valence-electron chi connectivity index (χ4n) is 3.92. The lowest BCUT2D eigenvalue weighted by molar-refractivity contribution is -0.141. The van der Waals surface area contributed by atoms with Gasteiger partial charge >= 0.3 is 0 Å². The first-order valence-electron chi connectivity index (χ1n) is 12.5. The lowest BCUT2D eigenvalue weighted by Crippen LogP contribution is -2.53. The van der Waals surface area contributed by atoms with Crippen LogP contribution in [-0.2, 0) is 32.6 Å². The smallest absolute Gasteiger partial charge is 0.243 e. The molecule has 1 atom stereocenters. The van der Waals surface area contributed by atoms with E-state index >= 15 is 0 Å². The highest BCUT2D eigenvalue weighted by atomic mass is 35.5. The first-order chi connectivity index (χ1) is 18.5. The molecule has 7 nitrogen and oxygen atoms in total. The van der Waals surface area contributed by atoms with E-state index in [1.54, 1.807) is 24.3 Å². The quantitative estimate of drug-likeness (QED) is 0.321. The van der Waals surface area contributed by atoms with Crippen molar-refractivity contribution in [3.05, 3.63) is 100 Å². The number of sulfonamides is 1. The van der Waals surface area contributed by atoms with Crippen molar-refractivity contribution >= 4 is 45.0 Å². The van der Waals surface area contributed by atoms with Crippen LogP contribution in [0.15, 0.2) is 83.8 Å². The van der Waals surface area contributed by atoms with Gasteiger partial charge in [-0.15, -0.1) is 0 Å². The summed E-state index contributed by atoms with van der Waals surface area (Å²) < 4.78 is 27.4. The van der Waals surface area contributed by atoms with Crippen molar-refractivity contribution in [3.63, 3.8) is 0 Å². The second-order valence-electron chi connectivity index (χ2n) is 9.71. The molecule has 10 heteroatoms. The van der Waals surface area contributed by atoms with E-state index in [1.807, 2.05) is 44.2 Å². The van der Waals surface area contributed by atoms with Crippen LogP contribution in [0, 0.1) is 5.92 Å². The molecule has 0 saturated heterocycles. The number of nitrogens with one attached hydrogen (secondary N) is 1. The van der Waals surface area contributed by atoms with Gasteiger partial charge < -0.3 is 10.2 Å². The lowest BCUT2D eigenvalue weighted by atomic mass is 10.0. The Hall–Kier alpha value is -2.91. The molecule has 0 saturated carbocycles. The van der Waals surface area contributed by atoms with Crippen molar-refractivity contribution in [3.8, 4) is 0 Å². The average molecular weight is 591 g/mol. The Morgan fingerprint density at radius 2 is 1.41 bits per heavy atom. The standard InChI is InChI=1S/C29H33Cl2N3O4S/c1-21(2)18-32-29(36)27(17-22-7-5-4-6-8-22)34(19-23-9-11-24(30)12-10-23)28(35)20-33(3)39(37,38)26-15-13-25(31)14-16-26/h4-16,21,27H,17-20H2,1-3H3,(H,32,36)/t27-/m0/s1. The van der Waals surface area contributed by atoms with E-state index in [0.29, 0.717) is 16.6 Å². The van der Waals surface area contributed by atoms with Gasteiger partial charge in [-0.25, -0.2) is 8.42 Å². The molecule has 0 radical (unpaired) electrons. The summed E-state index contributed by atoms with van der Waals surface area (Å²) in [5.74, 6) is -0.605. The van der Waals surface area contributed by atoms with Crippen molar-refractivity contribution in [2.24, 2.45) is 5.92 Å². The van der Waals surface area contributed by atoms with Crippen LogP contribution in [-0.4, -0.2) is 55.6 Å². The number of carbonyl (C=O) groups is 2. The maximum atomic E-state index is 13.8. The molecular formula is C29H33Cl2N3O4S. The average Bonchev–Trinajstić information content (AvgIpc) is 2.91. The van der Waals surface area contributed by atoms with E-state index in [4.69, 9.17) is 23.2 Å². The molecule has 3 aromatic carbocycles. The van der Waals surface area contributed by atoms with Gasteiger partial charge in [0, 0.05) is 36.6 Å². The van der Waals surface area contributed by atoms with Crippen LogP contribution in [0.25, 0.3) is 0 Å². The molecule has 0 unspecified atom stereocenters. The molecule has 3 rings (SSSR count). The molecule has 0 aliphatic carbocycles. The molecule has 3 aromatic rings. The van der Waals surface area contributed by atoms with Crippen LogP contribution in [0.1, 0.15) is 25.0 Å². The largest absolute Gasteiger partial charge is 0.354 e. The Kier molecular flexibility index (Phi) is 10.9. The molecule has 0 spiro atoms. The van der Waals surface area contributed by atoms with Crippen molar-refractivity contribution in [2.75, 3.05) is 20.1 Å². The number of carbonyl (C=O) groups excluding carboxylic acids is 2. The summed E-state index contributed by atoms with van der Waals surface area (Å²) in [6.45, 7) is 4.05. The third kappa shape index (κ3) is 8.80. The maximum absolute atomic E-state index is 13.8. The molecule has 1 N–H and O–H groups in total. The summed E-state index contributed by atoms with van der Waals surface area (Å²) in [7, 11) is -2.64. The summed E-state index contributed by atoms with van der Waals surface area (Å²) in [6, 6.07) is 21.3. The van der Waals surface area contributed by atoms with E-state index in [1.165, 1.54) is 36.2 Å². The first kappa shape index (κ1) is 30.6. The molecule has 39 heavy (non-hydrogen) atoms. The Morgan fingerprint density at radius 1 is 0.846 bits per heavy atom. The van der Waals surface area contributed by atoms with Crippen molar-refractivity contribution in [1.29, 1.82) is 0 Å². The summed E-state index contributed by atoms with van der Waals surface area (Å²) in [5.41, 5.74) is 1.63. The minimum Gasteiger partial charge on any atom is -0.354 e. The summed E-state index contributed by atoms with van der Waals surface area (Å²) >= 11 is 12.0. The van der Waals surface area contributed by atoms with Gasteiger partial charge in [0.05, 0.1) is 11.4 Å². The van der Waals surface area contributed by atoms with E-state index in [2.05, 4.69) is 5.32 Å². The zero-order valence-corrected chi connectivity index (χ0v) is 24.5. The summed E-state index contributed by atoms with van der Waals surface area (Å²) in [4.78, 5) is 28.8. The Bertz CT molecular complexity index is 1350. The van der Waals surface area contributed by atoms with Gasteiger partial charge in [-0.1, -0.05) is 79.5 Å². The fourth-order valence-corrected chi connectivity index (χ4v) is 5.29. The monoisotopic (exact) mass is 589 g/mol. The SMILES string of the molecule is CC(C)CNC(=O)[C@H](Cc1ccccc1)N(Cc1ccc(Cl)cc1)C(=O)CN(C)S(=O)(=O)c1ccc(Cl)cc1. The van der Waals surface area contributed by atoms with Gasteiger partial charge in [0.1, 0.15) is 6.04 Å². The second kappa shape index (κ2) is 13.9. The van der Waals surface area contributed by atoms with Crippen LogP contribution in [0.4, 0.5) is 0 Å². The summed E-state index contributed by atoms with van der Waals surface area (Å²) in [6.07, 6.45) is 0.262. The normalized spacial score (nSPS) is 12.4. The molecular weight excluding hydrogens is 557 g/mol. The topological polar surface area (TPSA) is 86.8 Å². The van der Waals surface area contributed by atoms with Gasteiger partial charge in [0.2, 0.25) is 21.8 Å². The van der Waals surface area contributed by atoms with Crippen molar-refractivity contribution in [2.45, 2.75) is 37.8 Å². The van der Waals surface area contributed by atoms with Crippen molar-refractivity contribution < 1.29 is 18.0 Å². The number of rotatable bonds is 12. The van der Waals surface area contributed by atoms with Gasteiger partial charge in [0.25, 0.3) is 0 Å². The maximum Gasteiger partial charge on any atom is 0.243 e. The van der Waals surface area contributed by atoms with Crippen LogP contribution >= 0.6 is 23.2 Å². The molecule has 208 valence electrons. The van der Waals surface area contributed by atoms with E-state index < -0.39 is 28.5 Å². The molecule has 2 amide bonds. The number of halogens is 2. The van der Waals surface area contributed by atoms with Crippen LogP contribution in [0.5, 0.6) is 0 Å². The minimum atomic E-state index is -3.98. The zero-order valence-electron chi connectivity index (χ0n) is 22.2. The molecule has 0 fully saturated rings. The van der Waals surface area contributed by atoms with E-state index in [9.17, 15) is 18.0 Å². The van der Waals surface area contributed by atoms with Gasteiger partial charge in [-0.3, -0.25) is 9.59 Å². The second-order valence-corrected chi connectivity index (χ2v) is 12.6. The Morgan fingerprint density at radius 3 is 1.97 bits per heavy atom. The fraction of sp³-hybridized carbons (Fsp3) is 0.310. The number of benzene rings is 3. The lowest BCUT2D eigenvalue weighted by Gasteiger charge is -2.33. The molecule has 0 aromatic heterocycles. The highest BCUT2D eigenvalue weighted by Crippen LogP contribution is 2.20. The zero-order chi connectivity index (χ0) is 28.6. The van der Waals surface area contributed by atoms with Gasteiger partial charge in [0.15, 0.2) is 0 Å². The predicted octanol–water partition coefficient (Wildman–Crippen LogP) is 5.03. The van der Waals surface area contributed by atoms with Crippen LogP contribution < -0.4 is 5.32 Å². The van der Waals surface area contributed by atoms with Crippen LogP contribution in [0.2, 0.25) is 10.0 Å². The number of likely N-dealkylation sites (N-methyl/N-ethyl adjacent to an activating group) is 1. The minimum absolute atomic E-state index is 0.0157. The molecule has 0 aliphatic heterocycles. The molecule has 0 heterocycles. The number of hydrogen-bond acceptors (Lipinski definition) is 4. The highest BCUT2D eigenvalue weighted by molar-refractivity contribution is 7.89. The number of amides is 2. The Labute approximate surface area is 240 Å². The van der Waals surface area contributed by atoms with Gasteiger partial charge in [-0.2, -0.15) is 4.31 Å². The summed E-state index contributed by atoms with van der Waals surface area (Å²) in [5, 5.41) is 3.89. The molecule has 0 aliphatic rings. The van der Waals surface area contributed by atoms with Crippen molar-refractivity contribution in [1.82, 2.24) is 14.5 Å². The Balaban J connectivity index is 1.96.